The fraction of sp³-hybridized carbons (Fsp3) is 0.167. The van der Waals surface area contributed by atoms with Gasteiger partial charge in [0.2, 0.25) is 11.8 Å². The Bertz CT molecular complexity index is 825. The van der Waals surface area contributed by atoms with Crippen LogP contribution < -0.4 is 15.5 Å². The van der Waals surface area contributed by atoms with Crippen molar-refractivity contribution in [1.82, 2.24) is 5.43 Å². The van der Waals surface area contributed by atoms with Crippen molar-refractivity contribution in [3.05, 3.63) is 58.1 Å². The lowest BCUT2D eigenvalue weighted by Crippen LogP contribution is -2.20. The second-order valence-electron chi connectivity index (χ2n) is 5.24. The third kappa shape index (κ3) is 6.38. The normalized spacial score (nSPS) is 10.6. The third-order valence-electron chi connectivity index (χ3n) is 3.27. The number of benzene rings is 2. The predicted octanol–water partition coefficient (Wildman–Crippen LogP) is 3.87. The largest absolute Gasteiger partial charge is 0.496 e. The number of amides is 2. The molecule has 0 aliphatic heterocycles. The Hall–Kier alpha value is -2.57. The van der Waals surface area contributed by atoms with Crippen LogP contribution in [0.5, 0.6) is 5.75 Å². The summed E-state index contributed by atoms with van der Waals surface area (Å²) in [5, 5.41) is 7.56. The summed E-state index contributed by atoms with van der Waals surface area (Å²) in [4.78, 5) is 23.6. The third-order valence-corrected chi connectivity index (χ3v) is 3.74. The van der Waals surface area contributed by atoms with Gasteiger partial charge >= 0.3 is 0 Å². The molecule has 0 aliphatic carbocycles. The summed E-state index contributed by atoms with van der Waals surface area (Å²) >= 11 is 11.8. The van der Waals surface area contributed by atoms with Gasteiger partial charge in [-0.3, -0.25) is 9.59 Å². The van der Waals surface area contributed by atoms with E-state index in [1.807, 2.05) is 0 Å². The van der Waals surface area contributed by atoms with E-state index < -0.39 is 0 Å². The number of methoxy groups -OCH3 is 1. The van der Waals surface area contributed by atoms with Gasteiger partial charge in [-0.2, -0.15) is 5.10 Å². The summed E-state index contributed by atoms with van der Waals surface area (Å²) < 4.78 is 5.18. The molecular formula is C18H17Cl2N3O3. The fourth-order valence-corrected chi connectivity index (χ4v) is 2.42. The van der Waals surface area contributed by atoms with Crippen LogP contribution in [0, 0.1) is 0 Å². The van der Waals surface area contributed by atoms with Crippen LogP contribution in [-0.4, -0.2) is 25.1 Å². The molecule has 2 aromatic carbocycles. The lowest BCUT2D eigenvalue weighted by Gasteiger charge is -2.05. The van der Waals surface area contributed by atoms with E-state index in [-0.39, 0.29) is 24.7 Å². The molecule has 8 heteroatoms. The summed E-state index contributed by atoms with van der Waals surface area (Å²) in [5.41, 5.74) is 3.56. The van der Waals surface area contributed by atoms with Crippen molar-refractivity contribution in [1.29, 1.82) is 0 Å². The molecule has 136 valence electrons. The van der Waals surface area contributed by atoms with Crippen molar-refractivity contribution in [2.45, 2.75) is 12.8 Å². The minimum atomic E-state index is -0.386. The maximum Gasteiger partial charge on any atom is 0.240 e. The maximum absolute atomic E-state index is 11.8. The maximum atomic E-state index is 11.8. The zero-order chi connectivity index (χ0) is 18.9. The summed E-state index contributed by atoms with van der Waals surface area (Å²) in [5.74, 6) is -0.0975. The lowest BCUT2D eigenvalue weighted by molar-refractivity contribution is -0.124. The molecule has 0 atom stereocenters. The Balaban J connectivity index is 1.80. The van der Waals surface area contributed by atoms with Crippen molar-refractivity contribution >= 4 is 46.9 Å². The van der Waals surface area contributed by atoms with Gasteiger partial charge in [0.05, 0.1) is 13.3 Å². The number of hydrogen-bond donors (Lipinski definition) is 2. The molecule has 2 N–H and O–H groups in total. The highest BCUT2D eigenvalue weighted by atomic mass is 35.5. The summed E-state index contributed by atoms with van der Waals surface area (Å²) in [7, 11) is 1.53. The fourth-order valence-electron chi connectivity index (χ4n) is 2.05. The van der Waals surface area contributed by atoms with Crippen LogP contribution in [0.3, 0.4) is 0 Å². The van der Waals surface area contributed by atoms with E-state index in [1.165, 1.54) is 13.3 Å². The first-order chi connectivity index (χ1) is 12.5. The van der Waals surface area contributed by atoms with Crippen LogP contribution in [0.1, 0.15) is 18.4 Å². The summed E-state index contributed by atoms with van der Waals surface area (Å²) in [6.07, 6.45) is 1.44. The number of halogens is 2. The van der Waals surface area contributed by atoms with Crippen LogP contribution >= 0.6 is 23.2 Å². The highest BCUT2D eigenvalue weighted by Gasteiger charge is 2.07. The van der Waals surface area contributed by atoms with Gasteiger partial charge in [0.1, 0.15) is 5.75 Å². The van der Waals surface area contributed by atoms with Crippen LogP contribution in [0.4, 0.5) is 5.69 Å². The lowest BCUT2D eigenvalue weighted by atomic mass is 10.2. The molecule has 6 nitrogen and oxygen atoms in total. The Morgan fingerprint density at radius 1 is 1.08 bits per heavy atom. The molecule has 0 aliphatic rings. The minimum Gasteiger partial charge on any atom is -0.496 e. The van der Waals surface area contributed by atoms with Gasteiger partial charge in [0.25, 0.3) is 0 Å². The number of hydrogen-bond acceptors (Lipinski definition) is 4. The Morgan fingerprint density at radius 2 is 1.81 bits per heavy atom. The molecule has 2 amide bonds. The monoisotopic (exact) mass is 393 g/mol. The second-order valence-corrected chi connectivity index (χ2v) is 6.11. The van der Waals surface area contributed by atoms with Crippen molar-refractivity contribution < 1.29 is 14.3 Å². The van der Waals surface area contributed by atoms with Gasteiger partial charge in [-0.15, -0.1) is 0 Å². The number of carbonyl (C=O) groups excluding carboxylic acids is 2. The number of ether oxygens (including phenoxy) is 1. The van der Waals surface area contributed by atoms with Crippen molar-refractivity contribution in [2.75, 3.05) is 12.4 Å². The molecule has 0 heterocycles. The molecule has 0 aromatic heterocycles. The number of rotatable bonds is 7. The molecular weight excluding hydrogens is 377 g/mol. The highest BCUT2D eigenvalue weighted by molar-refractivity contribution is 6.31. The smallest absolute Gasteiger partial charge is 0.240 e. The molecule has 2 aromatic rings. The topological polar surface area (TPSA) is 79.8 Å². The standard InChI is InChI=1S/C18H17Cl2N3O3/c1-26-16-6-5-14(20)9-12(16)11-21-23-18(25)8-7-17(24)22-15-4-2-3-13(19)10-15/h2-6,9-11H,7-8H2,1H3,(H,22,24)(H,23,25). The Kier molecular flexibility index (Phi) is 7.44. The van der Waals surface area contributed by atoms with Gasteiger partial charge in [-0.1, -0.05) is 29.3 Å². The molecule has 26 heavy (non-hydrogen) atoms. The Morgan fingerprint density at radius 3 is 2.54 bits per heavy atom. The number of carbonyl (C=O) groups is 2. The van der Waals surface area contributed by atoms with E-state index >= 15 is 0 Å². The molecule has 0 spiro atoms. The predicted molar refractivity (Wildman–Crippen MR) is 103 cm³/mol. The molecule has 0 saturated heterocycles. The molecule has 0 fully saturated rings. The van der Waals surface area contributed by atoms with Crippen LogP contribution in [0.2, 0.25) is 10.0 Å². The van der Waals surface area contributed by atoms with Gasteiger partial charge < -0.3 is 10.1 Å². The second kappa shape index (κ2) is 9.79. The number of hydrazone groups is 1. The first kappa shape index (κ1) is 19.8. The highest BCUT2D eigenvalue weighted by Crippen LogP contribution is 2.20. The van der Waals surface area contributed by atoms with E-state index in [1.54, 1.807) is 42.5 Å². The molecule has 0 unspecified atom stereocenters. The quantitative estimate of drug-likeness (QED) is 0.553. The first-order valence-electron chi connectivity index (χ1n) is 7.69. The molecule has 0 radical (unpaired) electrons. The molecule has 0 saturated carbocycles. The Labute approximate surface area is 161 Å². The van der Waals surface area contributed by atoms with Crippen molar-refractivity contribution in [3.63, 3.8) is 0 Å². The number of anilines is 1. The van der Waals surface area contributed by atoms with Crippen molar-refractivity contribution in [2.24, 2.45) is 5.10 Å². The summed E-state index contributed by atoms with van der Waals surface area (Å²) in [6.45, 7) is 0. The zero-order valence-electron chi connectivity index (χ0n) is 14.0. The van der Waals surface area contributed by atoms with Crippen LogP contribution in [-0.2, 0) is 9.59 Å². The zero-order valence-corrected chi connectivity index (χ0v) is 15.5. The first-order valence-corrected chi connectivity index (χ1v) is 8.44. The minimum absolute atomic E-state index is 0.00355. The average Bonchev–Trinajstić information content (AvgIpc) is 2.60. The van der Waals surface area contributed by atoms with E-state index in [9.17, 15) is 9.59 Å². The van der Waals surface area contributed by atoms with Crippen molar-refractivity contribution in [3.8, 4) is 5.75 Å². The van der Waals surface area contributed by atoms with E-state index in [4.69, 9.17) is 27.9 Å². The van der Waals surface area contributed by atoms with E-state index in [0.29, 0.717) is 27.0 Å². The van der Waals surface area contributed by atoms with Gasteiger partial charge in [-0.05, 0) is 36.4 Å². The molecule has 2 rings (SSSR count). The van der Waals surface area contributed by atoms with E-state index in [2.05, 4.69) is 15.8 Å². The molecule has 0 bridgehead atoms. The van der Waals surface area contributed by atoms with Crippen LogP contribution in [0.25, 0.3) is 0 Å². The SMILES string of the molecule is COc1ccc(Cl)cc1C=NNC(=O)CCC(=O)Nc1cccc(Cl)c1. The number of nitrogens with zero attached hydrogens (tertiary/aromatic N) is 1. The van der Waals surface area contributed by atoms with Gasteiger partial charge in [-0.25, -0.2) is 5.43 Å². The van der Waals surface area contributed by atoms with Gasteiger partial charge in [0.15, 0.2) is 0 Å². The van der Waals surface area contributed by atoms with Crippen LogP contribution in [0.15, 0.2) is 47.6 Å². The van der Waals surface area contributed by atoms with Gasteiger partial charge in [0, 0.05) is 34.1 Å². The average molecular weight is 394 g/mol. The van der Waals surface area contributed by atoms with E-state index in [0.717, 1.165) is 0 Å². The number of nitrogens with one attached hydrogen (secondary N) is 2. The summed E-state index contributed by atoms with van der Waals surface area (Å²) in [6, 6.07) is 11.8.